The minimum absolute atomic E-state index is 0.689. The maximum atomic E-state index is 11.4. The summed E-state index contributed by atoms with van der Waals surface area (Å²) in [4.78, 5) is 16.5. The zero-order valence-corrected chi connectivity index (χ0v) is 11.6. The lowest BCUT2D eigenvalue weighted by Crippen LogP contribution is -2.47. The van der Waals surface area contributed by atoms with Crippen molar-refractivity contribution in [3.05, 3.63) is 36.5 Å². The lowest BCUT2D eigenvalue weighted by Gasteiger charge is -2.18. The smallest absolute Gasteiger partial charge is 0.263 e. The van der Waals surface area contributed by atoms with Crippen LogP contribution in [0.3, 0.4) is 0 Å². The maximum Gasteiger partial charge on any atom is 0.263 e. The molecule has 2 atom stereocenters. The summed E-state index contributed by atoms with van der Waals surface area (Å²) < 4.78 is 2.82. The molecule has 6 nitrogen and oxygen atoms in total. The first kappa shape index (κ1) is 14.7. The third kappa shape index (κ3) is 3.45. The molecule has 0 aliphatic heterocycles. The molecule has 2 aromatic rings. The van der Waals surface area contributed by atoms with Gasteiger partial charge in [0.2, 0.25) is 0 Å². The van der Waals surface area contributed by atoms with E-state index in [-0.39, 0.29) is 0 Å². The van der Waals surface area contributed by atoms with Crippen molar-refractivity contribution in [2.45, 2.75) is 24.0 Å². The van der Waals surface area contributed by atoms with Gasteiger partial charge in [0.15, 0.2) is 0 Å². The number of carbonyl (C=O) groups excluding carboxylic acids is 1. The van der Waals surface area contributed by atoms with Crippen molar-refractivity contribution in [1.29, 1.82) is 0 Å². The van der Waals surface area contributed by atoms with Gasteiger partial charge in [0.05, 0.1) is 11.6 Å². The highest BCUT2D eigenvalue weighted by atomic mass is 32.2. The van der Waals surface area contributed by atoms with Gasteiger partial charge in [0, 0.05) is 16.5 Å². The van der Waals surface area contributed by atoms with Crippen LogP contribution in [0.5, 0.6) is 0 Å². The van der Waals surface area contributed by atoms with Crippen LogP contribution < -0.4 is 10.2 Å². The Morgan fingerprint density at radius 3 is 2.90 bits per heavy atom. The molecule has 4 N–H and O–H groups in total. The van der Waals surface area contributed by atoms with Crippen molar-refractivity contribution in [1.82, 2.24) is 15.2 Å². The molecule has 0 fully saturated rings. The second kappa shape index (κ2) is 6.67. The van der Waals surface area contributed by atoms with E-state index in [0.717, 1.165) is 15.8 Å². The molecule has 1 aromatic carbocycles. The molecule has 0 aliphatic rings. The second-order valence-corrected chi connectivity index (χ2v) is 5.18. The number of nitrogens with zero attached hydrogens (tertiary/aromatic N) is 1. The lowest BCUT2D eigenvalue weighted by molar-refractivity contribution is -0.133. The Bertz CT molecular complexity index is 606. The summed E-state index contributed by atoms with van der Waals surface area (Å²) in [5.74, 6) is -0.689. The van der Waals surface area contributed by atoms with Crippen molar-refractivity contribution in [3.63, 3.8) is 0 Å². The minimum atomic E-state index is -0.937. The highest BCUT2D eigenvalue weighted by Gasteiger charge is 2.23. The highest BCUT2D eigenvalue weighted by Crippen LogP contribution is 2.21. The Hall–Kier alpha value is -1.67. The van der Waals surface area contributed by atoms with Crippen LogP contribution in [-0.4, -0.2) is 33.4 Å². The Labute approximate surface area is 120 Å². The standard InChI is InChI=1S/C13H15N3O3S/c1-8(17)12(13(18)15-19)16-20-10-5-4-9-3-2-6-14-11(9)7-10/h2-8,12,16-17,19H,1H3,(H,15,18). The molecule has 0 radical (unpaired) electrons. The summed E-state index contributed by atoms with van der Waals surface area (Å²) in [6.45, 7) is 1.47. The van der Waals surface area contributed by atoms with E-state index in [4.69, 9.17) is 5.21 Å². The van der Waals surface area contributed by atoms with Gasteiger partial charge < -0.3 is 5.11 Å². The molecule has 1 amide bonds. The van der Waals surface area contributed by atoms with Gasteiger partial charge in [-0.15, -0.1) is 0 Å². The molecule has 20 heavy (non-hydrogen) atoms. The summed E-state index contributed by atoms with van der Waals surface area (Å²) >= 11 is 1.19. The molecule has 2 unspecified atom stereocenters. The number of hydrogen-bond acceptors (Lipinski definition) is 6. The van der Waals surface area contributed by atoms with Crippen LogP contribution in [0.1, 0.15) is 6.92 Å². The van der Waals surface area contributed by atoms with Crippen molar-refractivity contribution in [2.75, 3.05) is 0 Å². The number of benzene rings is 1. The number of hydrogen-bond donors (Lipinski definition) is 4. The van der Waals surface area contributed by atoms with Crippen molar-refractivity contribution in [3.8, 4) is 0 Å². The van der Waals surface area contributed by atoms with E-state index in [1.807, 2.05) is 30.3 Å². The van der Waals surface area contributed by atoms with E-state index in [0.29, 0.717) is 0 Å². The zero-order valence-electron chi connectivity index (χ0n) is 10.8. The number of fused-ring (bicyclic) bond motifs is 1. The van der Waals surface area contributed by atoms with Crippen LogP contribution in [-0.2, 0) is 4.79 Å². The van der Waals surface area contributed by atoms with Crippen molar-refractivity contribution >= 4 is 28.8 Å². The van der Waals surface area contributed by atoms with Gasteiger partial charge in [-0.05, 0) is 37.1 Å². The van der Waals surface area contributed by atoms with Gasteiger partial charge >= 0.3 is 0 Å². The van der Waals surface area contributed by atoms with Gasteiger partial charge in [-0.2, -0.15) is 0 Å². The second-order valence-electron chi connectivity index (χ2n) is 4.27. The van der Waals surface area contributed by atoms with Crippen LogP contribution in [0.2, 0.25) is 0 Å². The maximum absolute atomic E-state index is 11.4. The Morgan fingerprint density at radius 1 is 1.40 bits per heavy atom. The first-order valence-electron chi connectivity index (χ1n) is 6.01. The number of aliphatic hydroxyl groups is 1. The quantitative estimate of drug-likeness (QED) is 0.374. The number of carbonyl (C=O) groups is 1. The summed E-state index contributed by atoms with van der Waals surface area (Å²) in [5.41, 5.74) is 2.37. The Balaban J connectivity index is 2.09. The van der Waals surface area contributed by atoms with E-state index in [2.05, 4.69) is 9.71 Å². The molecule has 2 rings (SSSR count). The van der Waals surface area contributed by atoms with Gasteiger partial charge in [-0.3, -0.25) is 15.0 Å². The van der Waals surface area contributed by atoms with Crippen molar-refractivity contribution < 1.29 is 15.1 Å². The number of rotatable bonds is 5. The molecule has 0 bridgehead atoms. The fourth-order valence-corrected chi connectivity index (χ4v) is 2.56. The Kier molecular flexibility index (Phi) is 4.91. The minimum Gasteiger partial charge on any atom is -0.391 e. The average Bonchev–Trinajstić information content (AvgIpc) is 2.46. The predicted molar refractivity (Wildman–Crippen MR) is 76.1 cm³/mol. The SMILES string of the molecule is CC(O)C(NSc1ccc2cccnc2c1)C(=O)NO. The highest BCUT2D eigenvalue weighted by molar-refractivity contribution is 7.97. The first-order valence-corrected chi connectivity index (χ1v) is 6.82. The summed E-state index contributed by atoms with van der Waals surface area (Å²) in [7, 11) is 0. The largest absolute Gasteiger partial charge is 0.391 e. The third-order valence-corrected chi connectivity index (χ3v) is 3.62. The van der Waals surface area contributed by atoms with Crippen molar-refractivity contribution in [2.24, 2.45) is 0 Å². The first-order chi connectivity index (χ1) is 9.61. The van der Waals surface area contributed by atoms with Gasteiger partial charge in [0.1, 0.15) is 6.04 Å². The number of aliphatic hydroxyl groups excluding tert-OH is 1. The van der Waals surface area contributed by atoms with E-state index in [1.54, 1.807) is 6.20 Å². The molecule has 1 heterocycles. The van der Waals surface area contributed by atoms with Crippen LogP contribution in [0.15, 0.2) is 41.4 Å². The predicted octanol–water partition coefficient (Wildman–Crippen LogP) is 1.09. The topological polar surface area (TPSA) is 94.5 Å². The summed E-state index contributed by atoms with van der Waals surface area (Å²) in [5, 5.41) is 19.2. The number of aromatic nitrogens is 1. The lowest BCUT2D eigenvalue weighted by atomic mass is 10.2. The summed E-state index contributed by atoms with van der Waals surface area (Å²) in [6.07, 6.45) is 0.774. The van der Waals surface area contributed by atoms with Gasteiger partial charge in [-0.1, -0.05) is 12.1 Å². The van der Waals surface area contributed by atoms with Crippen LogP contribution >= 0.6 is 11.9 Å². The molecule has 7 heteroatoms. The average molecular weight is 293 g/mol. The van der Waals surface area contributed by atoms with Crippen LogP contribution in [0, 0.1) is 0 Å². The number of amides is 1. The van der Waals surface area contributed by atoms with Gasteiger partial charge in [-0.25, -0.2) is 10.2 Å². The number of hydroxylamine groups is 1. The number of pyridine rings is 1. The van der Waals surface area contributed by atoms with E-state index >= 15 is 0 Å². The molecular weight excluding hydrogens is 278 g/mol. The Morgan fingerprint density at radius 2 is 2.20 bits per heavy atom. The van der Waals surface area contributed by atoms with Crippen LogP contribution in [0.4, 0.5) is 0 Å². The fraction of sp³-hybridized carbons (Fsp3) is 0.231. The summed E-state index contributed by atoms with van der Waals surface area (Å²) in [6, 6.07) is 8.60. The van der Waals surface area contributed by atoms with E-state index in [1.165, 1.54) is 24.4 Å². The molecule has 1 aromatic heterocycles. The molecule has 0 saturated heterocycles. The third-order valence-electron chi connectivity index (χ3n) is 2.76. The fourth-order valence-electron chi connectivity index (χ4n) is 1.68. The molecule has 106 valence electrons. The van der Waals surface area contributed by atoms with E-state index < -0.39 is 18.1 Å². The molecule has 0 spiro atoms. The monoisotopic (exact) mass is 293 g/mol. The van der Waals surface area contributed by atoms with Crippen LogP contribution in [0.25, 0.3) is 10.9 Å². The zero-order chi connectivity index (χ0) is 14.5. The van der Waals surface area contributed by atoms with E-state index in [9.17, 15) is 9.90 Å². The normalized spacial score (nSPS) is 13.9. The molecule has 0 saturated carbocycles. The van der Waals surface area contributed by atoms with Gasteiger partial charge in [0.25, 0.3) is 5.91 Å². The molecular formula is C13H15N3O3S. The molecule has 0 aliphatic carbocycles. The number of nitrogens with one attached hydrogen (secondary N) is 2.